The van der Waals surface area contributed by atoms with Gasteiger partial charge in [0.05, 0.1) is 31.3 Å². The Morgan fingerprint density at radius 1 is 0.410 bits per heavy atom. The van der Waals surface area contributed by atoms with Crippen LogP contribution >= 0.6 is 0 Å². The lowest BCUT2D eigenvalue weighted by atomic mass is 10.0. The molecular formula is C56H107NO4. The molecular weight excluding hydrogens is 751 g/mol. The Hall–Kier alpha value is -1.43. The normalized spacial score (nSPS) is 13.6. The molecule has 0 saturated heterocycles. The number of unbranched alkanes of at least 4 members (excludes halogenated alkanes) is 37. The van der Waals surface area contributed by atoms with Crippen molar-refractivity contribution in [1.82, 2.24) is 5.32 Å². The molecule has 0 fully saturated rings. The number of allylic oxidation sites excluding steroid dienone is 5. The van der Waals surface area contributed by atoms with E-state index < -0.39 is 18.2 Å². The largest absolute Gasteiger partial charge is 0.394 e. The number of amides is 1. The average Bonchev–Trinajstić information content (AvgIpc) is 3.25. The second kappa shape index (κ2) is 51.2. The first-order valence-electron chi connectivity index (χ1n) is 27.3. The minimum absolute atomic E-state index is 0.00396. The summed E-state index contributed by atoms with van der Waals surface area (Å²) < 4.78 is 0. The minimum Gasteiger partial charge on any atom is -0.394 e. The third-order valence-electron chi connectivity index (χ3n) is 12.6. The highest BCUT2D eigenvalue weighted by Gasteiger charge is 2.20. The Kier molecular flexibility index (Phi) is 50.0. The van der Waals surface area contributed by atoms with Crippen molar-refractivity contribution in [3.8, 4) is 0 Å². The second-order valence-electron chi connectivity index (χ2n) is 18.8. The van der Waals surface area contributed by atoms with E-state index in [4.69, 9.17) is 0 Å². The van der Waals surface area contributed by atoms with Crippen molar-refractivity contribution in [2.75, 3.05) is 6.61 Å². The third kappa shape index (κ3) is 47.9. The van der Waals surface area contributed by atoms with Gasteiger partial charge in [-0.15, -0.1) is 0 Å². The van der Waals surface area contributed by atoms with Crippen LogP contribution < -0.4 is 5.32 Å². The predicted molar refractivity (Wildman–Crippen MR) is 268 cm³/mol. The van der Waals surface area contributed by atoms with Crippen molar-refractivity contribution in [2.45, 2.75) is 308 Å². The van der Waals surface area contributed by atoms with Crippen LogP contribution in [0.15, 0.2) is 36.5 Å². The number of aliphatic hydroxyl groups excluding tert-OH is 3. The summed E-state index contributed by atoms with van der Waals surface area (Å²) in [7, 11) is 0. The van der Waals surface area contributed by atoms with Crippen LogP contribution in [-0.4, -0.2) is 46.1 Å². The van der Waals surface area contributed by atoms with Crippen LogP contribution in [-0.2, 0) is 4.79 Å². The van der Waals surface area contributed by atoms with Gasteiger partial charge in [-0.25, -0.2) is 0 Å². The van der Waals surface area contributed by atoms with Gasteiger partial charge in [-0.3, -0.25) is 4.79 Å². The quantitative estimate of drug-likeness (QED) is 0.0362. The fourth-order valence-electron chi connectivity index (χ4n) is 8.47. The van der Waals surface area contributed by atoms with Crippen LogP contribution in [0.1, 0.15) is 290 Å². The predicted octanol–water partition coefficient (Wildman–Crippen LogP) is 16.7. The number of carbonyl (C=O) groups is 1. The molecule has 0 radical (unpaired) electrons. The van der Waals surface area contributed by atoms with Gasteiger partial charge in [0.25, 0.3) is 0 Å². The first-order valence-corrected chi connectivity index (χ1v) is 27.3. The van der Waals surface area contributed by atoms with Gasteiger partial charge in [0.2, 0.25) is 5.91 Å². The standard InChI is InChI=1S/C56H107NO4/c1-3-5-7-9-11-13-15-17-19-21-23-25-27-29-31-33-35-37-39-41-43-45-47-49-53(59)51-56(61)57-54(52-58)55(60)50-48-46-44-42-40-38-36-34-32-30-28-26-24-22-20-18-16-14-12-10-8-6-4-2/h29,31,40,42,48,50,53-55,58-60H,3-28,30,32-39,41,43-47,49,51-52H2,1-2H3,(H,57,61)/b31-29-,42-40+,50-48+. The van der Waals surface area contributed by atoms with E-state index in [-0.39, 0.29) is 18.9 Å². The van der Waals surface area contributed by atoms with Crippen molar-refractivity contribution in [1.29, 1.82) is 0 Å². The Balaban J connectivity index is 3.63. The molecule has 5 nitrogen and oxygen atoms in total. The lowest BCUT2D eigenvalue weighted by molar-refractivity contribution is -0.124. The van der Waals surface area contributed by atoms with Crippen molar-refractivity contribution < 1.29 is 20.1 Å². The SMILES string of the molecule is CCCCCCCCCCCCCC/C=C\CCCCCCCCCC(O)CC(=O)NC(CO)C(O)/C=C/CC/C=C/CCCCCCCCCCCCCCCCCCC. The summed E-state index contributed by atoms with van der Waals surface area (Å²) in [6.45, 7) is 4.23. The van der Waals surface area contributed by atoms with Gasteiger partial charge >= 0.3 is 0 Å². The van der Waals surface area contributed by atoms with E-state index in [0.717, 1.165) is 32.1 Å². The molecule has 0 aromatic rings. The molecule has 360 valence electrons. The van der Waals surface area contributed by atoms with E-state index in [1.807, 2.05) is 6.08 Å². The van der Waals surface area contributed by atoms with Gasteiger partial charge in [-0.05, 0) is 57.8 Å². The van der Waals surface area contributed by atoms with E-state index >= 15 is 0 Å². The Morgan fingerprint density at radius 2 is 0.705 bits per heavy atom. The molecule has 0 heterocycles. The van der Waals surface area contributed by atoms with E-state index in [1.54, 1.807) is 6.08 Å². The monoisotopic (exact) mass is 858 g/mol. The van der Waals surface area contributed by atoms with E-state index in [0.29, 0.717) is 6.42 Å². The van der Waals surface area contributed by atoms with Crippen molar-refractivity contribution in [3.63, 3.8) is 0 Å². The van der Waals surface area contributed by atoms with Gasteiger partial charge in [0.1, 0.15) is 0 Å². The van der Waals surface area contributed by atoms with Crippen LogP contribution in [0.4, 0.5) is 0 Å². The van der Waals surface area contributed by atoms with Crippen LogP contribution in [0.3, 0.4) is 0 Å². The Bertz CT molecular complexity index is 947. The summed E-state index contributed by atoms with van der Waals surface area (Å²) in [6.07, 6.45) is 66.1. The zero-order valence-corrected chi connectivity index (χ0v) is 41.1. The summed E-state index contributed by atoms with van der Waals surface area (Å²) in [5, 5.41) is 33.4. The van der Waals surface area contributed by atoms with E-state index in [1.165, 1.54) is 231 Å². The first-order chi connectivity index (χ1) is 30.0. The van der Waals surface area contributed by atoms with Gasteiger partial charge < -0.3 is 20.6 Å². The molecule has 0 spiro atoms. The fourth-order valence-corrected chi connectivity index (χ4v) is 8.47. The second-order valence-corrected chi connectivity index (χ2v) is 18.8. The van der Waals surface area contributed by atoms with Gasteiger partial charge in [0.15, 0.2) is 0 Å². The Morgan fingerprint density at radius 3 is 1.05 bits per heavy atom. The molecule has 61 heavy (non-hydrogen) atoms. The molecule has 1 amide bonds. The molecule has 5 heteroatoms. The molecule has 3 atom stereocenters. The maximum absolute atomic E-state index is 12.5. The number of hydrogen-bond acceptors (Lipinski definition) is 4. The molecule has 0 rings (SSSR count). The van der Waals surface area contributed by atoms with Gasteiger partial charge in [0, 0.05) is 0 Å². The summed E-state index contributed by atoms with van der Waals surface area (Å²) >= 11 is 0. The topological polar surface area (TPSA) is 89.8 Å². The molecule has 4 N–H and O–H groups in total. The maximum atomic E-state index is 12.5. The van der Waals surface area contributed by atoms with Crippen molar-refractivity contribution in [2.24, 2.45) is 0 Å². The minimum atomic E-state index is -0.954. The fraction of sp³-hybridized carbons (Fsp3) is 0.875. The van der Waals surface area contributed by atoms with Crippen molar-refractivity contribution >= 4 is 5.91 Å². The Labute approximate surface area is 381 Å². The molecule has 0 aliphatic heterocycles. The van der Waals surface area contributed by atoms with Crippen LogP contribution in [0, 0.1) is 0 Å². The lowest BCUT2D eigenvalue weighted by Gasteiger charge is -2.21. The van der Waals surface area contributed by atoms with E-state index in [2.05, 4.69) is 43.5 Å². The highest BCUT2D eigenvalue weighted by Crippen LogP contribution is 2.17. The number of rotatable bonds is 50. The summed E-state index contributed by atoms with van der Waals surface area (Å²) in [5.41, 5.74) is 0. The van der Waals surface area contributed by atoms with Crippen LogP contribution in [0.5, 0.6) is 0 Å². The average molecular weight is 858 g/mol. The highest BCUT2D eigenvalue weighted by molar-refractivity contribution is 5.76. The maximum Gasteiger partial charge on any atom is 0.222 e. The number of aliphatic hydroxyl groups is 3. The lowest BCUT2D eigenvalue weighted by Crippen LogP contribution is -2.45. The molecule has 0 saturated carbocycles. The van der Waals surface area contributed by atoms with Crippen LogP contribution in [0.2, 0.25) is 0 Å². The summed E-state index contributed by atoms with van der Waals surface area (Å²) in [5.74, 6) is -0.325. The number of nitrogens with one attached hydrogen (secondary N) is 1. The summed E-state index contributed by atoms with van der Waals surface area (Å²) in [6, 6.07) is -0.763. The zero-order chi connectivity index (χ0) is 44.4. The summed E-state index contributed by atoms with van der Waals surface area (Å²) in [4.78, 5) is 12.5. The highest BCUT2D eigenvalue weighted by atomic mass is 16.3. The molecule has 3 unspecified atom stereocenters. The number of hydrogen-bond donors (Lipinski definition) is 4. The number of carbonyl (C=O) groups excluding carboxylic acids is 1. The third-order valence-corrected chi connectivity index (χ3v) is 12.6. The van der Waals surface area contributed by atoms with Gasteiger partial charge in [-0.2, -0.15) is 0 Å². The first kappa shape index (κ1) is 59.6. The van der Waals surface area contributed by atoms with Crippen molar-refractivity contribution in [3.05, 3.63) is 36.5 Å². The zero-order valence-electron chi connectivity index (χ0n) is 41.1. The molecule has 0 aliphatic carbocycles. The van der Waals surface area contributed by atoms with Crippen LogP contribution in [0.25, 0.3) is 0 Å². The van der Waals surface area contributed by atoms with E-state index in [9.17, 15) is 20.1 Å². The molecule has 0 bridgehead atoms. The smallest absolute Gasteiger partial charge is 0.222 e. The molecule has 0 aromatic carbocycles. The van der Waals surface area contributed by atoms with Gasteiger partial charge in [-0.1, -0.05) is 262 Å². The molecule has 0 aliphatic rings. The molecule has 0 aromatic heterocycles.